The Morgan fingerprint density at radius 3 is 2.31 bits per heavy atom. The number of likely N-dealkylation sites (tertiary alicyclic amines) is 1. The highest BCUT2D eigenvalue weighted by molar-refractivity contribution is 5.96. The quantitative estimate of drug-likeness (QED) is 0.419. The molecule has 8 heteroatoms. The molecule has 1 spiro atoms. The van der Waals surface area contributed by atoms with Crippen LogP contribution in [0.2, 0.25) is 0 Å². The Morgan fingerprint density at radius 1 is 0.952 bits per heavy atom. The van der Waals surface area contributed by atoms with Crippen molar-refractivity contribution in [2.75, 3.05) is 38.2 Å². The lowest BCUT2D eigenvalue weighted by atomic mass is 9.71. The van der Waals surface area contributed by atoms with E-state index in [1.165, 1.54) is 24.9 Å². The van der Waals surface area contributed by atoms with Crippen LogP contribution in [0.4, 0.5) is 10.1 Å². The number of amides is 2. The zero-order valence-electron chi connectivity index (χ0n) is 24.7. The number of benzene rings is 2. The topological polar surface area (TPSA) is 74.8 Å². The first kappa shape index (κ1) is 28.2. The summed E-state index contributed by atoms with van der Waals surface area (Å²) in [5.41, 5.74) is 3.90. The average Bonchev–Trinajstić information content (AvgIpc) is 3.26. The number of nitrogens with zero attached hydrogens (tertiary/aromatic N) is 3. The van der Waals surface area contributed by atoms with Gasteiger partial charge in [-0.2, -0.15) is 0 Å². The molecule has 1 N–H and O–H groups in total. The molecule has 0 radical (unpaired) electrons. The number of carbonyl (C=O) groups excluding carboxylic acids is 2. The molecule has 7 nitrogen and oxygen atoms in total. The van der Waals surface area contributed by atoms with Crippen molar-refractivity contribution >= 4 is 17.5 Å². The van der Waals surface area contributed by atoms with E-state index in [-0.39, 0.29) is 22.9 Å². The first-order valence-electron chi connectivity index (χ1n) is 14.9. The molecule has 0 bridgehead atoms. The first-order chi connectivity index (χ1) is 20.2. The molecule has 1 unspecified atom stereocenters. The molecule has 2 amide bonds. The van der Waals surface area contributed by atoms with Crippen LogP contribution >= 0.6 is 0 Å². The highest BCUT2D eigenvalue weighted by Crippen LogP contribution is 2.46. The summed E-state index contributed by atoms with van der Waals surface area (Å²) in [6, 6.07) is 13.9. The fourth-order valence-corrected chi connectivity index (χ4v) is 7.12. The van der Waals surface area contributed by atoms with Gasteiger partial charge in [-0.05, 0) is 90.5 Å². The third-order valence-electron chi connectivity index (χ3n) is 9.79. The number of fused-ring (bicyclic) bond motifs is 1. The molecule has 2 fully saturated rings. The van der Waals surface area contributed by atoms with E-state index in [0.29, 0.717) is 16.7 Å². The van der Waals surface area contributed by atoms with E-state index in [2.05, 4.69) is 41.2 Å². The van der Waals surface area contributed by atoms with Crippen molar-refractivity contribution in [2.24, 2.45) is 10.8 Å². The first-order valence-corrected chi connectivity index (χ1v) is 14.9. The van der Waals surface area contributed by atoms with E-state index in [1.54, 1.807) is 6.07 Å². The minimum Gasteiger partial charge on any atom is -0.497 e. The Labute approximate surface area is 247 Å². The summed E-state index contributed by atoms with van der Waals surface area (Å²) >= 11 is 0. The molecule has 42 heavy (non-hydrogen) atoms. The summed E-state index contributed by atoms with van der Waals surface area (Å²) in [6.07, 6.45) is 8.78. The lowest BCUT2D eigenvalue weighted by molar-refractivity contribution is 0.0515. The van der Waals surface area contributed by atoms with Crippen molar-refractivity contribution in [3.05, 3.63) is 89.0 Å². The van der Waals surface area contributed by atoms with Crippen LogP contribution in [-0.4, -0.2) is 55.0 Å². The summed E-state index contributed by atoms with van der Waals surface area (Å²) in [7, 11) is 1.46. The summed E-state index contributed by atoms with van der Waals surface area (Å²) in [5.74, 6) is -0.706. The highest BCUT2D eigenvalue weighted by Gasteiger charge is 2.42. The van der Waals surface area contributed by atoms with Crippen molar-refractivity contribution in [1.82, 2.24) is 15.2 Å². The number of ether oxygens (including phenoxy) is 1. The van der Waals surface area contributed by atoms with E-state index >= 15 is 0 Å². The molecule has 3 aromatic rings. The number of aromatic nitrogens is 1. The Hall–Kier alpha value is -3.94. The molecule has 1 aliphatic carbocycles. The van der Waals surface area contributed by atoms with Crippen molar-refractivity contribution in [3.8, 4) is 5.75 Å². The van der Waals surface area contributed by atoms with Crippen LogP contribution in [0.5, 0.6) is 5.75 Å². The number of hydrogen-bond acceptors (Lipinski definition) is 5. The van der Waals surface area contributed by atoms with Crippen molar-refractivity contribution in [3.63, 3.8) is 0 Å². The zero-order valence-corrected chi connectivity index (χ0v) is 24.7. The van der Waals surface area contributed by atoms with Crippen LogP contribution < -0.4 is 15.0 Å². The number of piperidine rings is 2. The molecular weight excluding hydrogens is 531 g/mol. The van der Waals surface area contributed by atoms with Crippen molar-refractivity contribution in [1.29, 1.82) is 0 Å². The maximum atomic E-state index is 14.7. The van der Waals surface area contributed by atoms with Gasteiger partial charge in [-0.3, -0.25) is 14.6 Å². The number of hydrogen-bond donors (Lipinski definition) is 1. The molecular formula is C34H39FN4O3. The molecule has 2 saturated heterocycles. The van der Waals surface area contributed by atoms with Gasteiger partial charge < -0.3 is 19.9 Å². The van der Waals surface area contributed by atoms with Gasteiger partial charge in [0.1, 0.15) is 11.6 Å². The third kappa shape index (κ3) is 5.35. The maximum absolute atomic E-state index is 14.7. The molecule has 3 aliphatic rings. The van der Waals surface area contributed by atoms with Crippen molar-refractivity contribution < 1.29 is 18.7 Å². The molecule has 2 aromatic carbocycles. The lowest BCUT2D eigenvalue weighted by Gasteiger charge is -2.47. The lowest BCUT2D eigenvalue weighted by Crippen LogP contribution is -2.48. The number of pyridine rings is 1. The fourth-order valence-electron chi connectivity index (χ4n) is 7.12. The molecule has 0 saturated carbocycles. The molecule has 6 rings (SSSR count). The monoisotopic (exact) mass is 570 g/mol. The van der Waals surface area contributed by atoms with E-state index in [4.69, 9.17) is 4.74 Å². The Morgan fingerprint density at radius 2 is 1.64 bits per heavy atom. The highest BCUT2D eigenvalue weighted by atomic mass is 19.1. The number of halogens is 1. The van der Waals surface area contributed by atoms with E-state index in [9.17, 15) is 14.0 Å². The molecule has 3 heterocycles. The van der Waals surface area contributed by atoms with Gasteiger partial charge >= 0.3 is 0 Å². The molecule has 1 aromatic heterocycles. The summed E-state index contributed by atoms with van der Waals surface area (Å²) in [4.78, 5) is 35.4. The Kier molecular flexibility index (Phi) is 7.41. The predicted octanol–water partition coefficient (Wildman–Crippen LogP) is 5.81. The van der Waals surface area contributed by atoms with Gasteiger partial charge in [0.15, 0.2) is 0 Å². The second kappa shape index (κ2) is 11.0. The van der Waals surface area contributed by atoms with Crippen LogP contribution in [0, 0.1) is 16.6 Å². The van der Waals surface area contributed by atoms with E-state index in [0.717, 1.165) is 69.4 Å². The van der Waals surface area contributed by atoms with E-state index in [1.807, 2.05) is 35.5 Å². The van der Waals surface area contributed by atoms with Crippen molar-refractivity contribution in [2.45, 2.75) is 52.0 Å². The maximum Gasteiger partial charge on any atom is 0.254 e. The second-order valence-corrected chi connectivity index (χ2v) is 12.8. The standard InChI is InChI=1S/C34H39FN4O3/c1-33(2)22-24-5-4-23(20-28(24)30(33)37-31(40)27-7-6-26(42-3)21-29(27)35)32(41)39-18-12-34(13-19-39)10-16-38(17-11-34)25-8-14-36-15-9-25/h4-9,14-15,20-21,30H,10-13,16-19,22H2,1-3H3,(H,37,40). The summed E-state index contributed by atoms with van der Waals surface area (Å²) in [5, 5.41) is 3.07. The zero-order chi connectivity index (χ0) is 29.5. The van der Waals surface area contributed by atoms with Crippen LogP contribution in [-0.2, 0) is 6.42 Å². The van der Waals surface area contributed by atoms with Gasteiger partial charge in [0.25, 0.3) is 11.8 Å². The van der Waals surface area contributed by atoms with Gasteiger partial charge in [0.05, 0.1) is 18.7 Å². The van der Waals surface area contributed by atoms with Gasteiger partial charge in [0, 0.05) is 55.9 Å². The van der Waals surface area contributed by atoms with Gasteiger partial charge in [-0.1, -0.05) is 19.9 Å². The molecule has 1 atom stereocenters. The van der Waals surface area contributed by atoms with Crippen LogP contribution in [0.3, 0.4) is 0 Å². The molecule has 2 aliphatic heterocycles. The summed E-state index contributed by atoms with van der Waals surface area (Å²) < 4.78 is 19.7. The largest absolute Gasteiger partial charge is 0.497 e. The number of carbonyl (C=O) groups is 2. The molecule has 220 valence electrons. The minimum atomic E-state index is -0.627. The Balaban J connectivity index is 1.12. The smallest absolute Gasteiger partial charge is 0.254 e. The summed E-state index contributed by atoms with van der Waals surface area (Å²) in [6.45, 7) is 7.77. The van der Waals surface area contributed by atoms with E-state index < -0.39 is 11.7 Å². The van der Waals surface area contributed by atoms with Gasteiger partial charge in [-0.25, -0.2) is 4.39 Å². The Bertz CT molecular complexity index is 1470. The number of anilines is 1. The SMILES string of the molecule is COc1ccc(C(=O)NC2c3cc(C(=O)N4CCC5(CC4)CCN(c4ccncc4)CC5)ccc3CC2(C)C)c(F)c1. The second-order valence-electron chi connectivity index (χ2n) is 12.8. The minimum absolute atomic E-state index is 0.0267. The average molecular weight is 571 g/mol. The normalized spacial score (nSPS) is 20.7. The van der Waals surface area contributed by atoms with Crippen LogP contribution in [0.15, 0.2) is 60.9 Å². The van der Waals surface area contributed by atoms with Crippen LogP contribution in [0.25, 0.3) is 0 Å². The fraction of sp³-hybridized carbons (Fsp3) is 0.441. The predicted molar refractivity (Wildman–Crippen MR) is 160 cm³/mol. The number of methoxy groups -OCH3 is 1. The number of rotatable bonds is 5. The number of nitrogens with one attached hydrogen (secondary N) is 1. The van der Waals surface area contributed by atoms with Crippen LogP contribution in [0.1, 0.15) is 77.4 Å². The third-order valence-corrected chi connectivity index (χ3v) is 9.79. The van der Waals surface area contributed by atoms with Gasteiger partial charge in [0.2, 0.25) is 0 Å². The van der Waals surface area contributed by atoms with Gasteiger partial charge in [-0.15, -0.1) is 0 Å².